The molecule has 21 heavy (non-hydrogen) atoms. The van der Waals surface area contributed by atoms with Crippen molar-refractivity contribution in [1.29, 1.82) is 0 Å². The summed E-state index contributed by atoms with van der Waals surface area (Å²) in [6.07, 6.45) is 2.23. The van der Waals surface area contributed by atoms with Crippen LogP contribution in [-0.2, 0) is 24.9 Å². The van der Waals surface area contributed by atoms with Crippen LogP contribution in [0, 0.1) is 12.7 Å². The largest absolute Gasteiger partial charge is 0.321 e. The van der Waals surface area contributed by atoms with Crippen LogP contribution in [0.15, 0.2) is 18.2 Å². The summed E-state index contributed by atoms with van der Waals surface area (Å²) in [5.41, 5.74) is 9.97. The lowest BCUT2D eigenvalue weighted by Gasteiger charge is -2.26. The molecule has 3 rings (SSSR count). The number of hydrogen-bond donors (Lipinski definition) is 1. The number of benzene rings is 1. The number of nitrogens with two attached hydrogens (primary N) is 1. The van der Waals surface area contributed by atoms with E-state index in [4.69, 9.17) is 17.3 Å². The summed E-state index contributed by atoms with van der Waals surface area (Å²) in [7, 11) is 0. The smallest absolute Gasteiger partial charge is 0.123 e. The lowest BCUT2D eigenvalue weighted by molar-refractivity contribution is 0.420. The first kappa shape index (κ1) is 14.5. The number of rotatable bonds is 3. The van der Waals surface area contributed by atoms with E-state index in [1.54, 1.807) is 6.07 Å². The fourth-order valence-electron chi connectivity index (χ4n) is 3.27. The minimum Gasteiger partial charge on any atom is -0.321 e. The quantitative estimate of drug-likeness (QED) is 0.945. The Balaban J connectivity index is 2.00. The molecule has 0 aliphatic heterocycles. The van der Waals surface area contributed by atoms with Crippen LogP contribution in [0.4, 0.5) is 4.39 Å². The van der Waals surface area contributed by atoms with E-state index >= 15 is 0 Å². The Morgan fingerprint density at radius 3 is 2.95 bits per heavy atom. The Hall–Kier alpha value is -1.39. The molecule has 1 aromatic carbocycles. The van der Waals surface area contributed by atoms with Crippen molar-refractivity contribution in [2.45, 2.75) is 45.2 Å². The van der Waals surface area contributed by atoms with Crippen molar-refractivity contribution in [1.82, 2.24) is 9.78 Å². The van der Waals surface area contributed by atoms with Gasteiger partial charge in [-0.1, -0.05) is 17.7 Å². The maximum Gasteiger partial charge on any atom is 0.123 e. The van der Waals surface area contributed by atoms with Gasteiger partial charge in [-0.2, -0.15) is 5.10 Å². The summed E-state index contributed by atoms with van der Waals surface area (Å²) in [5.74, 6) is -0.203. The minimum atomic E-state index is -0.494. The molecule has 1 unspecified atom stereocenters. The summed E-state index contributed by atoms with van der Waals surface area (Å²) in [5, 5.41) is 5.13. The first-order valence-electron chi connectivity index (χ1n) is 7.24. The van der Waals surface area contributed by atoms with Crippen LogP contribution < -0.4 is 5.73 Å². The van der Waals surface area contributed by atoms with E-state index in [1.165, 1.54) is 6.07 Å². The molecule has 2 N–H and O–H groups in total. The Labute approximate surface area is 128 Å². The molecule has 0 radical (unpaired) electrons. The number of aryl methyl sites for hydroxylation is 3. The van der Waals surface area contributed by atoms with Gasteiger partial charge < -0.3 is 5.73 Å². The van der Waals surface area contributed by atoms with Crippen LogP contribution in [0.1, 0.15) is 35.9 Å². The predicted molar refractivity (Wildman–Crippen MR) is 81.9 cm³/mol. The summed E-state index contributed by atoms with van der Waals surface area (Å²) in [6.45, 7) is 4.70. The highest BCUT2D eigenvalue weighted by molar-refractivity contribution is 6.31. The second-order valence-corrected chi connectivity index (χ2v) is 6.17. The molecule has 0 bridgehead atoms. The number of nitrogens with zero attached hydrogens (tertiary/aromatic N) is 2. The lowest BCUT2D eigenvalue weighted by Crippen LogP contribution is -2.37. The van der Waals surface area contributed by atoms with Gasteiger partial charge in [-0.25, -0.2) is 4.39 Å². The van der Waals surface area contributed by atoms with Crippen molar-refractivity contribution in [3.63, 3.8) is 0 Å². The zero-order valence-corrected chi connectivity index (χ0v) is 13.0. The van der Waals surface area contributed by atoms with Crippen molar-refractivity contribution < 1.29 is 4.39 Å². The van der Waals surface area contributed by atoms with Gasteiger partial charge in [0.15, 0.2) is 0 Å². The summed E-state index contributed by atoms with van der Waals surface area (Å²) in [6, 6.07) is 4.88. The predicted octanol–water partition coefficient (Wildman–Crippen LogP) is 3.35. The molecular formula is C16H19ClFN3. The average Bonchev–Trinajstić information content (AvgIpc) is 2.91. The maximum atomic E-state index is 13.4. The van der Waals surface area contributed by atoms with Crippen LogP contribution in [-0.4, -0.2) is 9.78 Å². The van der Waals surface area contributed by atoms with Crippen LogP contribution in [0.2, 0.25) is 5.02 Å². The molecule has 1 aliphatic rings. The first-order chi connectivity index (χ1) is 9.94. The lowest BCUT2D eigenvalue weighted by atomic mass is 9.88. The molecule has 2 aromatic rings. The number of fused-ring (bicyclic) bond motifs is 1. The van der Waals surface area contributed by atoms with Gasteiger partial charge >= 0.3 is 0 Å². The van der Waals surface area contributed by atoms with Crippen LogP contribution in [0.5, 0.6) is 0 Å². The molecule has 1 atom stereocenters. The zero-order chi connectivity index (χ0) is 15.2. The van der Waals surface area contributed by atoms with Crippen molar-refractivity contribution in [3.8, 4) is 0 Å². The van der Waals surface area contributed by atoms with E-state index in [9.17, 15) is 4.39 Å². The SMILES string of the molecule is CCn1nc(C)c(Cl)c1CC1(N)CCc2cc(F)ccc21. The molecule has 3 nitrogen and oxygen atoms in total. The average molecular weight is 308 g/mol. The molecule has 112 valence electrons. The highest BCUT2D eigenvalue weighted by Crippen LogP contribution is 2.39. The Morgan fingerprint density at radius 2 is 2.24 bits per heavy atom. The molecule has 0 saturated carbocycles. The third-order valence-electron chi connectivity index (χ3n) is 4.38. The fourth-order valence-corrected chi connectivity index (χ4v) is 3.47. The van der Waals surface area contributed by atoms with Crippen LogP contribution >= 0.6 is 11.6 Å². The van der Waals surface area contributed by atoms with E-state index in [0.29, 0.717) is 11.4 Å². The maximum absolute atomic E-state index is 13.4. The van der Waals surface area contributed by atoms with Gasteiger partial charge in [-0.15, -0.1) is 0 Å². The number of aromatic nitrogens is 2. The van der Waals surface area contributed by atoms with Crippen molar-refractivity contribution in [2.24, 2.45) is 5.73 Å². The first-order valence-corrected chi connectivity index (χ1v) is 7.62. The molecule has 0 amide bonds. The minimum absolute atomic E-state index is 0.203. The molecule has 0 fully saturated rings. The highest BCUT2D eigenvalue weighted by Gasteiger charge is 2.37. The second-order valence-electron chi connectivity index (χ2n) is 5.80. The second kappa shape index (κ2) is 5.11. The molecule has 0 spiro atoms. The highest BCUT2D eigenvalue weighted by atomic mass is 35.5. The van der Waals surface area contributed by atoms with Crippen molar-refractivity contribution >= 4 is 11.6 Å². The molecular weight excluding hydrogens is 289 g/mol. The Morgan fingerprint density at radius 1 is 1.48 bits per heavy atom. The van der Waals surface area contributed by atoms with Gasteiger partial charge in [-0.05, 0) is 49.9 Å². The van der Waals surface area contributed by atoms with E-state index in [-0.39, 0.29) is 5.82 Å². The van der Waals surface area contributed by atoms with E-state index < -0.39 is 5.54 Å². The van der Waals surface area contributed by atoms with E-state index in [0.717, 1.165) is 41.9 Å². The molecule has 1 aromatic heterocycles. The van der Waals surface area contributed by atoms with Crippen LogP contribution in [0.25, 0.3) is 0 Å². The van der Waals surface area contributed by atoms with Gasteiger partial charge in [0.1, 0.15) is 5.82 Å². The van der Waals surface area contributed by atoms with Crippen molar-refractivity contribution in [3.05, 3.63) is 51.6 Å². The molecule has 0 saturated heterocycles. The normalized spacial score (nSPS) is 20.8. The number of halogens is 2. The van der Waals surface area contributed by atoms with Gasteiger partial charge in [0.2, 0.25) is 0 Å². The summed E-state index contributed by atoms with van der Waals surface area (Å²) in [4.78, 5) is 0. The van der Waals surface area contributed by atoms with E-state index in [1.807, 2.05) is 24.6 Å². The molecule has 1 heterocycles. The van der Waals surface area contributed by atoms with Gasteiger partial charge in [0.05, 0.1) is 16.4 Å². The van der Waals surface area contributed by atoms with Crippen molar-refractivity contribution in [2.75, 3.05) is 0 Å². The van der Waals surface area contributed by atoms with E-state index in [2.05, 4.69) is 5.10 Å². The van der Waals surface area contributed by atoms with Gasteiger partial charge in [0, 0.05) is 18.5 Å². The zero-order valence-electron chi connectivity index (χ0n) is 12.3. The number of hydrogen-bond acceptors (Lipinski definition) is 2. The Kier molecular flexibility index (Phi) is 3.54. The Bertz CT molecular complexity index is 695. The van der Waals surface area contributed by atoms with Gasteiger partial charge in [-0.3, -0.25) is 4.68 Å². The third kappa shape index (κ3) is 2.36. The van der Waals surface area contributed by atoms with Crippen LogP contribution in [0.3, 0.4) is 0 Å². The summed E-state index contributed by atoms with van der Waals surface area (Å²) >= 11 is 6.39. The topological polar surface area (TPSA) is 43.8 Å². The fraction of sp³-hybridized carbons (Fsp3) is 0.438. The standard InChI is InChI=1S/C16H19ClFN3/c1-3-21-14(15(17)10(2)20-21)9-16(19)7-6-11-8-12(18)4-5-13(11)16/h4-5,8H,3,6-7,9,19H2,1-2H3. The third-order valence-corrected chi connectivity index (χ3v) is 4.87. The molecule has 5 heteroatoms. The van der Waals surface area contributed by atoms with Gasteiger partial charge in [0.25, 0.3) is 0 Å². The molecule has 1 aliphatic carbocycles. The monoisotopic (exact) mass is 307 g/mol. The summed E-state index contributed by atoms with van der Waals surface area (Å²) < 4.78 is 15.3.